The highest BCUT2D eigenvalue weighted by Gasteiger charge is 2.02. The predicted octanol–water partition coefficient (Wildman–Crippen LogP) is 5.80. The molecule has 0 aliphatic carbocycles. The van der Waals surface area contributed by atoms with Crippen molar-refractivity contribution in [3.05, 3.63) is 42.5 Å². The summed E-state index contributed by atoms with van der Waals surface area (Å²) in [5, 5.41) is 0. The van der Waals surface area contributed by atoms with E-state index in [1.807, 2.05) is 0 Å². The maximum Gasteiger partial charge on any atom is 0.159 e. The summed E-state index contributed by atoms with van der Waals surface area (Å²) in [5.74, 6) is 1.00. The fourth-order valence-electron chi connectivity index (χ4n) is 2.56. The van der Waals surface area contributed by atoms with Crippen molar-refractivity contribution in [3.63, 3.8) is 0 Å². The van der Waals surface area contributed by atoms with Gasteiger partial charge in [0, 0.05) is 5.56 Å². The average Bonchev–Trinajstić information content (AvgIpc) is 2.62. The van der Waals surface area contributed by atoms with Crippen LogP contribution in [0.1, 0.15) is 58.3 Å². The van der Waals surface area contributed by atoms with E-state index in [2.05, 4.69) is 16.9 Å². The van der Waals surface area contributed by atoms with Gasteiger partial charge in [0.15, 0.2) is 11.6 Å². The fraction of sp³-hybridized carbons (Fsp3) is 0.500. The molecule has 0 aliphatic heterocycles. The van der Waals surface area contributed by atoms with Gasteiger partial charge in [0.1, 0.15) is 5.82 Å². The van der Waals surface area contributed by atoms with E-state index in [0.29, 0.717) is 18.2 Å². The molecule has 0 spiro atoms. The van der Waals surface area contributed by atoms with Crippen molar-refractivity contribution < 1.29 is 9.13 Å². The Morgan fingerprint density at radius 3 is 2.04 bits per heavy atom. The normalized spacial score (nSPS) is 10.8. The summed E-state index contributed by atoms with van der Waals surface area (Å²) < 4.78 is 18.6. The summed E-state index contributed by atoms with van der Waals surface area (Å²) in [6.45, 7) is 2.95. The zero-order valence-corrected chi connectivity index (χ0v) is 14.5. The maximum atomic E-state index is 12.9. The molecule has 24 heavy (non-hydrogen) atoms. The molecular formula is C20H27FN2O. The number of rotatable bonds is 11. The van der Waals surface area contributed by atoms with E-state index < -0.39 is 0 Å². The van der Waals surface area contributed by atoms with E-state index in [1.165, 1.54) is 57.1 Å². The van der Waals surface area contributed by atoms with E-state index in [1.54, 1.807) is 24.5 Å². The average molecular weight is 330 g/mol. The van der Waals surface area contributed by atoms with Crippen LogP contribution in [0.25, 0.3) is 11.4 Å². The largest absolute Gasteiger partial charge is 0.490 e. The van der Waals surface area contributed by atoms with Gasteiger partial charge in [-0.1, -0.05) is 51.9 Å². The van der Waals surface area contributed by atoms with Crippen LogP contribution in [-0.4, -0.2) is 16.6 Å². The molecule has 2 rings (SSSR count). The zero-order valence-electron chi connectivity index (χ0n) is 14.5. The van der Waals surface area contributed by atoms with Crippen LogP contribution in [0.4, 0.5) is 4.39 Å². The maximum absolute atomic E-state index is 12.9. The number of ether oxygens (including phenoxy) is 1. The fourth-order valence-corrected chi connectivity index (χ4v) is 2.56. The number of unbranched alkanes of at least 4 members (excludes halogenated alkanes) is 7. The Bertz CT molecular complexity index is 569. The lowest BCUT2D eigenvalue weighted by atomic mass is 10.1. The second-order valence-corrected chi connectivity index (χ2v) is 6.07. The Kier molecular flexibility index (Phi) is 8.22. The monoisotopic (exact) mass is 330 g/mol. The van der Waals surface area contributed by atoms with Gasteiger partial charge in [-0.15, -0.1) is 0 Å². The molecule has 0 unspecified atom stereocenters. The van der Waals surface area contributed by atoms with Crippen molar-refractivity contribution in [1.82, 2.24) is 9.97 Å². The van der Waals surface area contributed by atoms with Gasteiger partial charge in [-0.05, 0) is 30.7 Å². The Labute approximate surface area is 144 Å². The van der Waals surface area contributed by atoms with Gasteiger partial charge in [0.2, 0.25) is 0 Å². The molecule has 1 heterocycles. The minimum atomic E-state index is -0.260. The highest BCUT2D eigenvalue weighted by molar-refractivity contribution is 5.54. The van der Waals surface area contributed by atoms with Crippen LogP contribution in [0.3, 0.4) is 0 Å². The molecule has 0 saturated carbocycles. The van der Waals surface area contributed by atoms with Crippen molar-refractivity contribution in [2.75, 3.05) is 6.61 Å². The van der Waals surface area contributed by atoms with Gasteiger partial charge in [-0.25, -0.2) is 14.4 Å². The molecule has 0 radical (unpaired) electrons. The molecule has 2 aromatic rings. The lowest BCUT2D eigenvalue weighted by molar-refractivity contribution is 0.302. The van der Waals surface area contributed by atoms with Crippen LogP contribution >= 0.6 is 0 Å². The lowest BCUT2D eigenvalue weighted by Gasteiger charge is -2.06. The molecule has 1 aromatic heterocycles. The molecule has 130 valence electrons. The molecule has 4 heteroatoms. The van der Waals surface area contributed by atoms with E-state index in [-0.39, 0.29) is 5.82 Å². The van der Waals surface area contributed by atoms with Gasteiger partial charge < -0.3 is 4.74 Å². The Hall–Kier alpha value is -1.97. The third kappa shape index (κ3) is 6.65. The van der Waals surface area contributed by atoms with Crippen molar-refractivity contribution >= 4 is 0 Å². The molecule has 0 amide bonds. The zero-order chi connectivity index (χ0) is 17.0. The van der Waals surface area contributed by atoms with E-state index in [4.69, 9.17) is 4.74 Å². The third-order valence-electron chi connectivity index (χ3n) is 4.00. The van der Waals surface area contributed by atoms with Crippen LogP contribution in [0.2, 0.25) is 0 Å². The Balaban J connectivity index is 1.63. The smallest absolute Gasteiger partial charge is 0.159 e. The molecule has 0 bridgehead atoms. The second kappa shape index (κ2) is 10.7. The highest BCUT2D eigenvalue weighted by Crippen LogP contribution is 2.17. The molecule has 0 atom stereocenters. The molecular weight excluding hydrogens is 303 g/mol. The van der Waals surface area contributed by atoms with Gasteiger partial charge >= 0.3 is 0 Å². The van der Waals surface area contributed by atoms with Crippen LogP contribution < -0.4 is 4.74 Å². The first-order valence-electron chi connectivity index (χ1n) is 9.00. The highest BCUT2D eigenvalue weighted by atomic mass is 19.1. The van der Waals surface area contributed by atoms with Crippen LogP contribution in [-0.2, 0) is 0 Å². The standard InChI is InChI=1S/C20H27FN2O/c1-2-3-4-5-6-7-8-9-14-24-19-15-22-20(23-16-19)17-10-12-18(21)13-11-17/h10-13,15-16H,2-9,14H2,1H3. The first-order chi connectivity index (χ1) is 11.8. The number of nitrogens with zero attached hydrogens (tertiary/aromatic N) is 2. The van der Waals surface area contributed by atoms with Gasteiger partial charge in [-0.2, -0.15) is 0 Å². The molecule has 0 N–H and O–H groups in total. The van der Waals surface area contributed by atoms with E-state index in [0.717, 1.165) is 12.0 Å². The van der Waals surface area contributed by atoms with Crippen LogP contribution in [0.15, 0.2) is 36.7 Å². The van der Waals surface area contributed by atoms with Crippen molar-refractivity contribution in [1.29, 1.82) is 0 Å². The minimum absolute atomic E-state index is 0.260. The predicted molar refractivity (Wildman–Crippen MR) is 95.5 cm³/mol. The molecule has 1 aromatic carbocycles. The number of halogens is 1. The Morgan fingerprint density at radius 1 is 0.833 bits per heavy atom. The van der Waals surface area contributed by atoms with Gasteiger partial charge in [0.05, 0.1) is 19.0 Å². The SMILES string of the molecule is CCCCCCCCCCOc1cnc(-c2ccc(F)cc2)nc1. The number of benzene rings is 1. The number of aromatic nitrogens is 2. The third-order valence-corrected chi connectivity index (χ3v) is 4.00. The van der Waals surface area contributed by atoms with E-state index in [9.17, 15) is 4.39 Å². The summed E-state index contributed by atoms with van der Waals surface area (Å²) in [6.07, 6.45) is 13.6. The van der Waals surface area contributed by atoms with Crippen molar-refractivity contribution in [3.8, 4) is 17.1 Å². The molecule has 3 nitrogen and oxygen atoms in total. The number of hydrogen-bond donors (Lipinski definition) is 0. The van der Waals surface area contributed by atoms with Gasteiger partial charge in [0.25, 0.3) is 0 Å². The summed E-state index contributed by atoms with van der Waals surface area (Å²) in [7, 11) is 0. The topological polar surface area (TPSA) is 35.0 Å². The molecule has 0 aliphatic rings. The second-order valence-electron chi connectivity index (χ2n) is 6.07. The minimum Gasteiger partial charge on any atom is -0.490 e. The van der Waals surface area contributed by atoms with Crippen molar-refractivity contribution in [2.45, 2.75) is 58.3 Å². The molecule has 0 saturated heterocycles. The molecule has 0 fully saturated rings. The van der Waals surface area contributed by atoms with E-state index >= 15 is 0 Å². The lowest BCUT2D eigenvalue weighted by Crippen LogP contribution is -1.99. The number of hydrogen-bond acceptors (Lipinski definition) is 3. The summed E-state index contributed by atoms with van der Waals surface area (Å²) >= 11 is 0. The van der Waals surface area contributed by atoms with Crippen molar-refractivity contribution in [2.24, 2.45) is 0 Å². The Morgan fingerprint density at radius 2 is 1.42 bits per heavy atom. The summed E-state index contributed by atoms with van der Waals surface area (Å²) in [4.78, 5) is 8.55. The van der Waals surface area contributed by atoms with Crippen LogP contribution in [0.5, 0.6) is 5.75 Å². The van der Waals surface area contributed by atoms with Gasteiger partial charge in [-0.3, -0.25) is 0 Å². The summed E-state index contributed by atoms with van der Waals surface area (Å²) in [6, 6.07) is 6.16. The quantitative estimate of drug-likeness (QED) is 0.488. The first kappa shape index (κ1) is 18.4. The first-order valence-corrected chi connectivity index (χ1v) is 9.00. The van der Waals surface area contributed by atoms with Crippen LogP contribution in [0, 0.1) is 5.82 Å². The summed E-state index contributed by atoms with van der Waals surface area (Å²) in [5.41, 5.74) is 0.797.